The van der Waals surface area contributed by atoms with Crippen molar-refractivity contribution in [3.05, 3.63) is 77.7 Å². The highest BCUT2D eigenvalue weighted by Gasteiger charge is 2.23. The summed E-state index contributed by atoms with van der Waals surface area (Å²) in [5.41, 5.74) is 7.71. The fourth-order valence-corrected chi connectivity index (χ4v) is 5.02. The third kappa shape index (κ3) is 3.31. The lowest BCUT2D eigenvalue weighted by molar-refractivity contribution is 0.372. The number of benzene rings is 2. The first-order valence-corrected chi connectivity index (χ1v) is 11.2. The molecule has 4 aromatic rings. The molecule has 0 atom stereocenters. The molecule has 32 heavy (non-hydrogen) atoms. The van der Waals surface area contributed by atoms with Crippen molar-refractivity contribution in [2.75, 3.05) is 13.1 Å². The maximum absolute atomic E-state index is 9.09. The van der Waals surface area contributed by atoms with Crippen molar-refractivity contribution in [2.45, 2.75) is 25.8 Å². The van der Waals surface area contributed by atoms with Gasteiger partial charge in [-0.05, 0) is 79.2 Å². The standard InChI is InChI=1S/C26H24N6/c27-14-19-1-4-21(5-2-19)22-13-25-26-29-17-30-32(26)24-6-3-20(11-18-7-9-28-10-8-18)12-23(24)16-31(25)15-22/h1-6,12-13,15,17-18,28H,7-11,16H2. The summed E-state index contributed by atoms with van der Waals surface area (Å²) in [6.07, 6.45) is 7.45. The lowest BCUT2D eigenvalue weighted by Crippen LogP contribution is -2.28. The number of nitriles is 1. The highest BCUT2D eigenvalue weighted by molar-refractivity contribution is 5.71. The van der Waals surface area contributed by atoms with Crippen molar-refractivity contribution in [3.8, 4) is 34.4 Å². The van der Waals surface area contributed by atoms with Gasteiger partial charge in [-0.3, -0.25) is 0 Å². The molecule has 1 saturated heterocycles. The van der Waals surface area contributed by atoms with Gasteiger partial charge in [0.05, 0.1) is 23.0 Å². The summed E-state index contributed by atoms with van der Waals surface area (Å²) in [5, 5.41) is 17.1. The van der Waals surface area contributed by atoms with Gasteiger partial charge in [-0.1, -0.05) is 24.3 Å². The topological polar surface area (TPSA) is 71.5 Å². The van der Waals surface area contributed by atoms with Crippen LogP contribution in [0.4, 0.5) is 0 Å². The Bertz CT molecular complexity index is 1320. The van der Waals surface area contributed by atoms with Crippen molar-refractivity contribution in [1.82, 2.24) is 24.6 Å². The zero-order valence-electron chi connectivity index (χ0n) is 17.8. The summed E-state index contributed by atoms with van der Waals surface area (Å²) in [6.45, 7) is 3.04. The number of hydrogen-bond donors (Lipinski definition) is 1. The molecule has 2 aromatic carbocycles. The number of aromatic nitrogens is 4. The van der Waals surface area contributed by atoms with E-state index < -0.39 is 0 Å². The van der Waals surface area contributed by atoms with Gasteiger partial charge in [0, 0.05) is 18.3 Å². The fraction of sp³-hybridized carbons (Fsp3) is 0.269. The predicted octanol–water partition coefficient (Wildman–Crippen LogP) is 4.18. The van der Waals surface area contributed by atoms with Crippen LogP contribution in [0.25, 0.3) is 28.3 Å². The zero-order chi connectivity index (χ0) is 21.5. The highest BCUT2D eigenvalue weighted by Crippen LogP contribution is 2.34. The number of hydrogen-bond acceptors (Lipinski definition) is 4. The van der Waals surface area contributed by atoms with E-state index in [1.807, 2.05) is 28.9 Å². The molecule has 158 valence electrons. The molecule has 0 spiro atoms. The Balaban J connectivity index is 1.39. The van der Waals surface area contributed by atoms with Crippen LogP contribution in [0, 0.1) is 17.2 Å². The molecule has 2 aliphatic rings. The molecule has 2 aromatic heterocycles. The molecule has 0 saturated carbocycles. The second kappa shape index (κ2) is 7.77. The number of nitrogens with zero attached hydrogens (tertiary/aromatic N) is 5. The smallest absolute Gasteiger partial charge is 0.179 e. The van der Waals surface area contributed by atoms with Gasteiger partial charge in [0.2, 0.25) is 0 Å². The van der Waals surface area contributed by atoms with Gasteiger partial charge in [-0.15, -0.1) is 0 Å². The van der Waals surface area contributed by atoms with Crippen LogP contribution >= 0.6 is 0 Å². The molecule has 6 heteroatoms. The minimum Gasteiger partial charge on any atom is -0.340 e. The van der Waals surface area contributed by atoms with E-state index >= 15 is 0 Å². The molecule has 0 amide bonds. The summed E-state index contributed by atoms with van der Waals surface area (Å²) in [5.74, 6) is 1.61. The van der Waals surface area contributed by atoms with E-state index in [1.54, 1.807) is 6.33 Å². The van der Waals surface area contributed by atoms with Crippen LogP contribution in [0.5, 0.6) is 0 Å². The molecule has 1 fully saturated rings. The molecule has 0 radical (unpaired) electrons. The maximum Gasteiger partial charge on any atom is 0.179 e. The van der Waals surface area contributed by atoms with Crippen LogP contribution in [0.3, 0.4) is 0 Å². The summed E-state index contributed by atoms with van der Waals surface area (Å²) >= 11 is 0. The Labute approximate surface area is 187 Å². The molecule has 4 heterocycles. The Hall–Kier alpha value is -3.69. The average Bonchev–Trinajstić information content (AvgIpc) is 3.45. The largest absolute Gasteiger partial charge is 0.340 e. The lowest BCUT2D eigenvalue weighted by atomic mass is 9.90. The molecule has 2 aliphatic heterocycles. The molecule has 6 rings (SSSR count). The minimum atomic E-state index is 0.671. The highest BCUT2D eigenvalue weighted by atomic mass is 15.4. The second-order valence-corrected chi connectivity index (χ2v) is 8.79. The number of fused-ring (bicyclic) bond motifs is 5. The lowest BCUT2D eigenvalue weighted by Gasteiger charge is -2.23. The molecule has 0 unspecified atom stereocenters. The third-order valence-corrected chi connectivity index (χ3v) is 6.72. The van der Waals surface area contributed by atoms with E-state index in [0.717, 1.165) is 60.3 Å². The van der Waals surface area contributed by atoms with E-state index in [9.17, 15) is 0 Å². The first-order valence-electron chi connectivity index (χ1n) is 11.2. The van der Waals surface area contributed by atoms with Crippen molar-refractivity contribution in [1.29, 1.82) is 5.26 Å². The first kappa shape index (κ1) is 19.0. The van der Waals surface area contributed by atoms with Crippen LogP contribution in [-0.2, 0) is 13.0 Å². The van der Waals surface area contributed by atoms with E-state index in [-0.39, 0.29) is 0 Å². The molecular weight excluding hydrogens is 396 g/mol. The van der Waals surface area contributed by atoms with Gasteiger partial charge in [-0.25, -0.2) is 9.67 Å². The molecule has 6 nitrogen and oxygen atoms in total. The summed E-state index contributed by atoms with van der Waals surface area (Å²) in [6, 6.07) is 18.9. The monoisotopic (exact) mass is 420 g/mol. The Kier molecular flexibility index (Phi) is 4.62. The average molecular weight is 421 g/mol. The molecule has 1 N–H and O–H groups in total. The number of nitrogens with one attached hydrogen (secondary N) is 1. The van der Waals surface area contributed by atoms with Gasteiger partial charge >= 0.3 is 0 Å². The number of rotatable bonds is 3. The van der Waals surface area contributed by atoms with E-state index in [2.05, 4.69) is 56.5 Å². The van der Waals surface area contributed by atoms with Gasteiger partial charge in [0.15, 0.2) is 5.82 Å². The molecular formula is C26H24N6. The number of piperidine rings is 1. The molecule has 0 aliphatic carbocycles. The predicted molar refractivity (Wildman–Crippen MR) is 123 cm³/mol. The van der Waals surface area contributed by atoms with E-state index in [1.165, 1.54) is 24.0 Å². The minimum absolute atomic E-state index is 0.671. The SMILES string of the molecule is N#Cc1ccc(-c2cc3n(c2)Cc2cc(CC4CCNCC4)ccc2-n2ncnc2-3)cc1. The zero-order valence-corrected chi connectivity index (χ0v) is 17.8. The normalized spacial score (nSPS) is 15.3. The first-order chi connectivity index (χ1) is 15.8. The quantitative estimate of drug-likeness (QED) is 0.475. The van der Waals surface area contributed by atoms with Gasteiger partial charge in [0.25, 0.3) is 0 Å². The van der Waals surface area contributed by atoms with Crippen molar-refractivity contribution >= 4 is 0 Å². The van der Waals surface area contributed by atoms with Gasteiger partial charge in [0.1, 0.15) is 6.33 Å². The molecule has 0 bridgehead atoms. The van der Waals surface area contributed by atoms with Gasteiger partial charge in [-0.2, -0.15) is 10.4 Å². The second-order valence-electron chi connectivity index (χ2n) is 8.79. The Morgan fingerprint density at radius 2 is 1.88 bits per heavy atom. The van der Waals surface area contributed by atoms with Crippen molar-refractivity contribution in [3.63, 3.8) is 0 Å². The van der Waals surface area contributed by atoms with Crippen LogP contribution < -0.4 is 5.32 Å². The van der Waals surface area contributed by atoms with Crippen molar-refractivity contribution < 1.29 is 0 Å². The summed E-state index contributed by atoms with van der Waals surface area (Å²) in [4.78, 5) is 4.59. The maximum atomic E-state index is 9.09. The fourth-order valence-electron chi connectivity index (χ4n) is 5.02. The Morgan fingerprint density at radius 1 is 1.03 bits per heavy atom. The van der Waals surface area contributed by atoms with E-state index in [0.29, 0.717) is 5.56 Å². The van der Waals surface area contributed by atoms with Crippen LogP contribution in [0.2, 0.25) is 0 Å². The van der Waals surface area contributed by atoms with Crippen LogP contribution in [-0.4, -0.2) is 32.4 Å². The van der Waals surface area contributed by atoms with Crippen LogP contribution in [0.1, 0.15) is 29.5 Å². The van der Waals surface area contributed by atoms with Crippen LogP contribution in [0.15, 0.2) is 61.1 Å². The van der Waals surface area contributed by atoms with Gasteiger partial charge < -0.3 is 9.88 Å². The Morgan fingerprint density at radius 3 is 2.69 bits per heavy atom. The summed E-state index contributed by atoms with van der Waals surface area (Å²) in [7, 11) is 0. The van der Waals surface area contributed by atoms with E-state index in [4.69, 9.17) is 5.26 Å². The van der Waals surface area contributed by atoms with Crippen molar-refractivity contribution in [2.24, 2.45) is 5.92 Å². The summed E-state index contributed by atoms with van der Waals surface area (Å²) < 4.78 is 4.24. The third-order valence-electron chi connectivity index (χ3n) is 6.72.